The summed E-state index contributed by atoms with van der Waals surface area (Å²) in [6.07, 6.45) is 1.87. The van der Waals surface area contributed by atoms with Crippen molar-refractivity contribution < 1.29 is 0 Å². The second kappa shape index (κ2) is 6.80. The topological polar surface area (TPSA) is 61.8 Å². The lowest BCUT2D eigenvalue weighted by atomic mass is 10.1. The first-order chi connectivity index (χ1) is 14.9. The zero-order chi connectivity index (χ0) is 21.9. The summed E-state index contributed by atoms with van der Waals surface area (Å²) in [5.41, 5.74) is 5.38. The molecule has 0 aliphatic heterocycles. The summed E-state index contributed by atoms with van der Waals surface area (Å²) in [5, 5.41) is 1.54. The fraction of sp³-hybridized carbons (Fsp3) is 0.160. The molecule has 0 saturated carbocycles. The van der Waals surface area contributed by atoms with Crippen LogP contribution in [0.25, 0.3) is 38.8 Å². The van der Waals surface area contributed by atoms with Crippen molar-refractivity contribution in [3.8, 4) is 16.9 Å². The van der Waals surface area contributed by atoms with Gasteiger partial charge in [-0.1, -0.05) is 42.5 Å². The highest BCUT2D eigenvalue weighted by Crippen LogP contribution is 2.33. The predicted octanol–water partition coefficient (Wildman–Crippen LogP) is 3.86. The maximum absolute atomic E-state index is 13.2. The van der Waals surface area contributed by atoms with Gasteiger partial charge in [0.25, 0.3) is 5.56 Å². The number of nitrogens with zero attached hydrogens (tertiary/aromatic N) is 4. The summed E-state index contributed by atoms with van der Waals surface area (Å²) < 4.78 is 4.67. The molecule has 2 aromatic carbocycles. The molecule has 6 nitrogen and oxygen atoms in total. The van der Waals surface area contributed by atoms with Crippen molar-refractivity contribution in [2.24, 2.45) is 14.1 Å². The highest BCUT2D eigenvalue weighted by Gasteiger charge is 2.21. The van der Waals surface area contributed by atoms with E-state index in [1.54, 1.807) is 7.05 Å². The van der Waals surface area contributed by atoms with Crippen LogP contribution in [0, 0.1) is 13.8 Å². The number of aryl methyl sites for hydroxylation is 3. The van der Waals surface area contributed by atoms with Gasteiger partial charge in [0.05, 0.1) is 27.8 Å². The lowest BCUT2D eigenvalue weighted by molar-refractivity contribution is 0.714. The number of aromatic nitrogens is 4. The van der Waals surface area contributed by atoms with Crippen LogP contribution >= 0.6 is 0 Å². The second-order valence-electron chi connectivity index (χ2n) is 7.92. The van der Waals surface area contributed by atoms with Crippen LogP contribution in [0.5, 0.6) is 0 Å². The van der Waals surface area contributed by atoms with Gasteiger partial charge in [0.2, 0.25) is 0 Å². The van der Waals surface area contributed by atoms with Crippen molar-refractivity contribution in [1.82, 2.24) is 18.7 Å². The average molecular weight is 410 g/mol. The summed E-state index contributed by atoms with van der Waals surface area (Å²) in [4.78, 5) is 30.7. The number of pyridine rings is 1. The van der Waals surface area contributed by atoms with Crippen LogP contribution in [0.2, 0.25) is 0 Å². The van der Waals surface area contributed by atoms with E-state index in [0.717, 1.165) is 43.7 Å². The third-order valence-corrected chi connectivity index (χ3v) is 6.01. The van der Waals surface area contributed by atoms with Gasteiger partial charge >= 0.3 is 5.69 Å². The summed E-state index contributed by atoms with van der Waals surface area (Å²) in [7, 11) is 3.21. The first-order valence-corrected chi connectivity index (χ1v) is 10.1. The molecule has 3 aromatic heterocycles. The molecular formula is C25H22N4O2. The number of rotatable bonds is 2. The fourth-order valence-electron chi connectivity index (χ4n) is 4.19. The molecule has 0 bridgehead atoms. The molecule has 5 aromatic rings. The molecule has 31 heavy (non-hydrogen) atoms. The van der Waals surface area contributed by atoms with Gasteiger partial charge in [-0.25, -0.2) is 4.79 Å². The molecule has 0 aliphatic carbocycles. The molecule has 0 spiro atoms. The third kappa shape index (κ3) is 2.75. The molecule has 0 amide bonds. The Morgan fingerprint density at radius 2 is 1.61 bits per heavy atom. The van der Waals surface area contributed by atoms with E-state index in [0.29, 0.717) is 10.9 Å². The van der Waals surface area contributed by atoms with Crippen molar-refractivity contribution in [2.45, 2.75) is 13.8 Å². The van der Waals surface area contributed by atoms with E-state index in [2.05, 4.69) is 6.07 Å². The minimum Gasteiger partial charge on any atom is -0.311 e. The van der Waals surface area contributed by atoms with E-state index in [-0.39, 0.29) is 11.2 Å². The van der Waals surface area contributed by atoms with E-state index in [1.165, 1.54) is 11.6 Å². The molecule has 0 fully saturated rings. The van der Waals surface area contributed by atoms with Crippen molar-refractivity contribution in [3.05, 3.63) is 92.9 Å². The minimum absolute atomic E-state index is 0.309. The van der Waals surface area contributed by atoms with Gasteiger partial charge in [-0.15, -0.1) is 0 Å². The van der Waals surface area contributed by atoms with Gasteiger partial charge < -0.3 is 4.57 Å². The lowest BCUT2D eigenvalue weighted by Crippen LogP contribution is -2.36. The normalized spacial score (nSPS) is 11.5. The van der Waals surface area contributed by atoms with Crippen molar-refractivity contribution in [3.63, 3.8) is 0 Å². The van der Waals surface area contributed by atoms with Gasteiger partial charge in [0, 0.05) is 31.4 Å². The Balaban J connectivity index is 2.01. The highest BCUT2D eigenvalue weighted by atomic mass is 16.2. The van der Waals surface area contributed by atoms with Gasteiger partial charge in [0.1, 0.15) is 0 Å². The number of fused-ring (bicyclic) bond motifs is 2. The van der Waals surface area contributed by atoms with E-state index in [4.69, 9.17) is 4.98 Å². The monoisotopic (exact) mass is 410 g/mol. The SMILES string of the molecule is Cc1cc2cccc(-n3cc4c(c3-c3ccccc3)c(=O)n(C)c(=O)n4C)c2nc1C. The van der Waals surface area contributed by atoms with E-state index < -0.39 is 0 Å². The van der Waals surface area contributed by atoms with Crippen LogP contribution < -0.4 is 11.2 Å². The van der Waals surface area contributed by atoms with Gasteiger partial charge in [-0.3, -0.25) is 18.9 Å². The van der Waals surface area contributed by atoms with Gasteiger partial charge in [0.15, 0.2) is 0 Å². The molecule has 154 valence electrons. The summed E-state index contributed by atoms with van der Waals surface area (Å²) in [6, 6.07) is 17.9. The molecule has 6 heteroatoms. The number of benzene rings is 2. The lowest BCUT2D eigenvalue weighted by Gasteiger charge is -2.13. The van der Waals surface area contributed by atoms with Crippen LogP contribution in [-0.2, 0) is 14.1 Å². The van der Waals surface area contributed by atoms with Crippen LogP contribution in [-0.4, -0.2) is 18.7 Å². The van der Waals surface area contributed by atoms with Gasteiger partial charge in [-0.2, -0.15) is 0 Å². The van der Waals surface area contributed by atoms with Crippen molar-refractivity contribution >= 4 is 21.8 Å². The quantitative estimate of drug-likeness (QED) is 0.444. The van der Waals surface area contributed by atoms with Gasteiger partial charge in [-0.05, 0) is 37.1 Å². The first-order valence-electron chi connectivity index (χ1n) is 10.1. The molecule has 0 radical (unpaired) electrons. The number of hydrogen-bond acceptors (Lipinski definition) is 3. The van der Waals surface area contributed by atoms with E-state index >= 15 is 0 Å². The standard InChI is InChI=1S/C25H22N4O2/c1-15-13-18-11-8-12-19(22(18)26-16(15)2)29-14-20-21(23(29)17-9-6-5-7-10-17)24(30)28(4)25(31)27(20)3/h5-14H,1-4H3. The molecule has 0 atom stereocenters. The van der Waals surface area contributed by atoms with Crippen molar-refractivity contribution in [2.75, 3.05) is 0 Å². The summed E-state index contributed by atoms with van der Waals surface area (Å²) in [5.74, 6) is 0. The number of hydrogen-bond donors (Lipinski definition) is 0. The molecule has 5 rings (SSSR count). The smallest absolute Gasteiger partial charge is 0.311 e. The van der Waals surface area contributed by atoms with E-state index in [9.17, 15) is 9.59 Å². The Labute approximate surface area is 178 Å². The largest absolute Gasteiger partial charge is 0.330 e. The maximum Gasteiger partial charge on any atom is 0.330 e. The summed E-state index contributed by atoms with van der Waals surface area (Å²) >= 11 is 0. The molecule has 0 saturated heterocycles. The zero-order valence-corrected chi connectivity index (χ0v) is 17.9. The Bertz CT molecular complexity index is 1610. The zero-order valence-electron chi connectivity index (χ0n) is 17.9. The Hall–Kier alpha value is -3.93. The molecule has 0 N–H and O–H groups in total. The predicted molar refractivity (Wildman–Crippen MR) is 124 cm³/mol. The number of para-hydroxylation sites is 1. The summed E-state index contributed by atoms with van der Waals surface area (Å²) in [6.45, 7) is 4.04. The van der Waals surface area contributed by atoms with Crippen LogP contribution in [0.15, 0.2) is 70.4 Å². The molecular weight excluding hydrogens is 388 g/mol. The van der Waals surface area contributed by atoms with Crippen LogP contribution in [0.4, 0.5) is 0 Å². The maximum atomic E-state index is 13.2. The molecule has 3 heterocycles. The molecule has 0 unspecified atom stereocenters. The Kier molecular flexibility index (Phi) is 4.18. The third-order valence-electron chi connectivity index (χ3n) is 6.01. The fourth-order valence-corrected chi connectivity index (χ4v) is 4.19. The first kappa shape index (κ1) is 19.1. The van der Waals surface area contributed by atoms with Crippen molar-refractivity contribution in [1.29, 1.82) is 0 Å². The Morgan fingerprint density at radius 1 is 0.871 bits per heavy atom. The highest BCUT2D eigenvalue weighted by molar-refractivity contribution is 5.97. The Morgan fingerprint density at radius 3 is 2.35 bits per heavy atom. The average Bonchev–Trinajstić information content (AvgIpc) is 3.18. The van der Waals surface area contributed by atoms with E-state index in [1.807, 2.05) is 73.1 Å². The van der Waals surface area contributed by atoms with Crippen LogP contribution in [0.3, 0.4) is 0 Å². The van der Waals surface area contributed by atoms with Crippen LogP contribution in [0.1, 0.15) is 11.3 Å². The minimum atomic E-state index is -0.350. The second-order valence-corrected chi connectivity index (χ2v) is 7.92. The molecule has 0 aliphatic rings.